The van der Waals surface area contributed by atoms with Crippen molar-refractivity contribution in [3.8, 4) is 11.8 Å². The molecule has 0 aliphatic carbocycles. The molecule has 1 aliphatic heterocycles. The zero-order valence-corrected chi connectivity index (χ0v) is 8.54. The second-order valence-electron chi connectivity index (χ2n) is 2.98. The summed E-state index contributed by atoms with van der Waals surface area (Å²) in [5.41, 5.74) is 0. The number of alkyl halides is 3. The number of amides is 1. The number of hydrogen-bond donors (Lipinski definition) is 0. The summed E-state index contributed by atoms with van der Waals surface area (Å²) in [4.78, 5) is 23.4. The van der Waals surface area contributed by atoms with Crippen molar-refractivity contribution in [3.05, 3.63) is 0 Å². The molecule has 0 aromatic rings. The van der Waals surface area contributed by atoms with Crippen LogP contribution < -0.4 is 0 Å². The second-order valence-corrected chi connectivity index (χ2v) is 2.98. The zero-order valence-electron chi connectivity index (χ0n) is 8.54. The topological polar surface area (TPSA) is 55.8 Å². The van der Waals surface area contributed by atoms with Gasteiger partial charge in [0.15, 0.2) is 6.61 Å². The van der Waals surface area contributed by atoms with E-state index in [0.717, 1.165) is 10.8 Å². The molecule has 1 saturated heterocycles. The normalized spacial score (nSPS) is 15.1. The predicted octanol–water partition coefficient (Wildman–Crippen LogP) is -0.0884. The lowest BCUT2D eigenvalue weighted by molar-refractivity contribution is -0.159. The van der Waals surface area contributed by atoms with Crippen LogP contribution in [0, 0.1) is 11.8 Å². The van der Waals surface area contributed by atoms with Crippen LogP contribution in [0.5, 0.6) is 0 Å². The van der Waals surface area contributed by atoms with Gasteiger partial charge in [-0.1, -0.05) is 5.92 Å². The Morgan fingerprint density at radius 1 is 1.41 bits per heavy atom. The molecule has 1 rings (SSSR count). The van der Waals surface area contributed by atoms with E-state index in [-0.39, 0.29) is 13.3 Å². The molecule has 0 N–H and O–H groups in total. The van der Waals surface area contributed by atoms with E-state index in [9.17, 15) is 22.8 Å². The molecule has 1 aliphatic rings. The second kappa shape index (κ2) is 5.54. The maximum absolute atomic E-state index is 11.6. The summed E-state index contributed by atoms with van der Waals surface area (Å²) < 4.78 is 43.8. The predicted molar refractivity (Wildman–Crippen MR) is 47.3 cm³/mol. The van der Waals surface area contributed by atoms with Crippen LogP contribution in [0.15, 0.2) is 0 Å². The quantitative estimate of drug-likeness (QED) is 0.371. The van der Waals surface area contributed by atoms with Gasteiger partial charge in [-0.05, 0) is 0 Å². The number of ether oxygens (including phenoxy) is 2. The molecule has 0 aromatic heterocycles. The van der Waals surface area contributed by atoms with Gasteiger partial charge in [0.1, 0.15) is 6.73 Å². The molecule has 1 heterocycles. The maximum Gasteiger partial charge on any atom is 0.457 e. The summed E-state index contributed by atoms with van der Waals surface area (Å²) in [6.45, 7) is -0.240. The molecule has 0 atom stereocenters. The number of hydrogen-bond acceptors (Lipinski definition) is 4. The molecule has 1 amide bonds. The molecule has 0 aromatic carbocycles. The third kappa shape index (κ3) is 4.74. The lowest BCUT2D eigenvalue weighted by atomic mass is 10.5. The van der Waals surface area contributed by atoms with E-state index in [1.54, 1.807) is 5.92 Å². The number of halogens is 3. The average molecular weight is 251 g/mol. The summed E-state index contributed by atoms with van der Waals surface area (Å²) in [6.07, 6.45) is -4.64. The number of carbonyl (C=O) groups excluding carboxylic acids is 2. The number of carbonyl (C=O) groups is 2. The molecule has 0 radical (unpaired) electrons. The SMILES string of the molecule is O=C(OCC#CC(F)(F)F)C(=O)N1CCOC1. The fraction of sp³-hybridized carbons (Fsp3) is 0.556. The molecule has 0 unspecified atom stereocenters. The largest absolute Gasteiger partial charge is 0.457 e. The van der Waals surface area contributed by atoms with Crippen LogP contribution in [0.1, 0.15) is 0 Å². The minimum Gasteiger partial charge on any atom is -0.445 e. The van der Waals surface area contributed by atoms with Crippen LogP contribution >= 0.6 is 0 Å². The Bertz CT molecular complexity index is 363. The summed E-state index contributed by atoms with van der Waals surface area (Å²) in [7, 11) is 0. The molecule has 0 bridgehead atoms. The van der Waals surface area contributed by atoms with E-state index in [2.05, 4.69) is 4.74 Å². The van der Waals surface area contributed by atoms with Gasteiger partial charge in [-0.3, -0.25) is 4.79 Å². The summed E-state index contributed by atoms with van der Waals surface area (Å²) in [6, 6.07) is 0. The molecule has 17 heavy (non-hydrogen) atoms. The molecule has 8 heteroatoms. The molecule has 0 spiro atoms. The number of rotatable bonds is 1. The number of nitrogens with zero attached hydrogens (tertiary/aromatic N) is 1. The first kappa shape index (κ1) is 13.3. The Hall–Kier alpha value is -1.75. The lowest BCUT2D eigenvalue weighted by Crippen LogP contribution is -2.35. The van der Waals surface area contributed by atoms with Crippen LogP contribution in [-0.2, 0) is 19.1 Å². The van der Waals surface area contributed by atoms with E-state index in [0.29, 0.717) is 6.61 Å². The van der Waals surface area contributed by atoms with Crippen molar-refractivity contribution in [2.24, 2.45) is 0 Å². The summed E-state index contributed by atoms with van der Waals surface area (Å²) in [5.74, 6) is 0.299. The van der Waals surface area contributed by atoms with E-state index in [4.69, 9.17) is 4.74 Å². The standard InChI is InChI=1S/C9H8F3NO4/c10-9(11,12)2-1-4-17-8(15)7(14)13-3-5-16-6-13/h3-6H2. The van der Waals surface area contributed by atoms with E-state index < -0.39 is 24.7 Å². The fourth-order valence-electron chi connectivity index (χ4n) is 1.00. The van der Waals surface area contributed by atoms with Crippen molar-refractivity contribution < 1.29 is 32.2 Å². The van der Waals surface area contributed by atoms with Crippen molar-refractivity contribution in [2.75, 3.05) is 26.5 Å². The first-order valence-electron chi connectivity index (χ1n) is 4.50. The highest BCUT2D eigenvalue weighted by atomic mass is 19.4. The van der Waals surface area contributed by atoms with Gasteiger partial charge in [0, 0.05) is 12.5 Å². The Kier molecular flexibility index (Phi) is 4.34. The summed E-state index contributed by atoms with van der Waals surface area (Å²) in [5, 5.41) is 0. The minimum absolute atomic E-state index is 0.0256. The van der Waals surface area contributed by atoms with E-state index >= 15 is 0 Å². The average Bonchev–Trinajstić information content (AvgIpc) is 2.74. The summed E-state index contributed by atoms with van der Waals surface area (Å²) >= 11 is 0. The fourth-order valence-corrected chi connectivity index (χ4v) is 1.00. The minimum atomic E-state index is -4.64. The van der Waals surface area contributed by atoms with Crippen molar-refractivity contribution in [1.29, 1.82) is 0 Å². The van der Waals surface area contributed by atoms with Gasteiger partial charge in [-0.25, -0.2) is 4.79 Å². The molecular weight excluding hydrogens is 243 g/mol. The molecular formula is C9H8F3NO4. The first-order chi connectivity index (χ1) is 7.90. The van der Waals surface area contributed by atoms with Crippen LogP contribution in [-0.4, -0.2) is 49.4 Å². The first-order valence-corrected chi connectivity index (χ1v) is 4.50. The molecule has 94 valence electrons. The highest BCUT2D eigenvalue weighted by Crippen LogP contribution is 2.11. The maximum atomic E-state index is 11.6. The molecule has 0 saturated carbocycles. The highest BCUT2D eigenvalue weighted by molar-refractivity contribution is 6.32. The van der Waals surface area contributed by atoms with Crippen molar-refractivity contribution in [1.82, 2.24) is 4.90 Å². The Morgan fingerprint density at radius 3 is 2.65 bits per heavy atom. The van der Waals surface area contributed by atoms with Gasteiger partial charge in [0.25, 0.3) is 0 Å². The van der Waals surface area contributed by atoms with Crippen molar-refractivity contribution in [2.45, 2.75) is 6.18 Å². The highest BCUT2D eigenvalue weighted by Gasteiger charge is 2.26. The van der Waals surface area contributed by atoms with Crippen LogP contribution in [0.3, 0.4) is 0 Å². The molecule has 5 nitrogen and oxygen atoms in total. The monoisotopic (exact) mass is 251 g/mol. The van der Waals surface area contributed by atoms with E-state index in [1.165, 1.54) is 0 Å². The Labute approximate surface area is 94.5 Å². The van der Waals surface area contributed by atoms with Gasteiger partial charge in [0.05, 0.1) is 6.61 Å². The van der Waals surface area contributed by atoms with Gasteiger partial charge in [-0.2, -0.15) is 13.2 Å². The van der Waals surface area contributed by atoms with Crippen LogP contribution in [0.25, 0.3) is 0 Å². The lowest BCUT2D eigenvalue weighted by Gasteiger charge is -2.10. The van der Waals surface area contributed by atoms with Crippen LogP contribution in [0.2, 0.25) is 0 Å². The van der Waals surface area contributed by atoms with E-state index in [1.807, 2.05) is 0 Å². The third-order valence-electron chi connectivity index (χ3n) is 1.72. The van der Waals surface area contributed by atoms with Gasteiger partial charge in [0.2, 0.25) is 0 Å². The number of esters is 1. The smallest absolute Gasteiger partial charge is 0.445 e. The van der Waals surface area contributed by atoms with Gasteiger partial charge in [-0.15, -0.1) is 0 Å². The van der Waals surface area contributed by atoms with Crippen molar-refractivity contribution >= 4 is 11.9 Å². The van der Waals surface area contributed by atoms with Gasteiger partial charge < -0.3 is 14.4 Å². The van der Waals surface area contributed by atoms with Crippen LogP contribution in [0.4, 0.5) is 13.2 Å². The Morgan fingerprint density at radius 2 is 2.12 bits per heavy atom. The third-order valence-corrected chi connectivity index (χ3v) is 1.72. The Balaban J connectivity index is 2.33. The molecule has 1 fully saturated rings. The van der Waals surface area contributed by atoms with Gasteiger partial charge >= 0.3 is 18.1 Å². The van der Waals surface area contributed by atoms with Crippen molar-refractivity contribution in [3.63, 3.8) is 0 Å². The zero-order chi connectivity index (χ0) is 12.9.